The Kier molecular flexibility index (Phi) is 5.86. The Morgan fingerprint density at radius 2 is 2.00 bits per heavy atom. The highest BCUT2D eigenvalue weighted by Crippen LogP contribution is 2.18. The SMILES string of the molecule is CCN(CC)S(=O)(=O)Nc1ccc(C=CC(=O)O)c(F)c1. The van der Waals surface area contributed by atoms with Crippen LogP contribution >= 0.6 is 0 Å². The summed E-state index contributed by atoms with van der Waals surface area (Å²) >= 11 is 0. The van der Waals surface area contributed by atoms with Crippen molar-refractivity contribution in [3.8, 4) is 0 Å². The van der Waals surface area contributed by atoms with E-state index in [0.717, 1.165) is 18.2 Å². The van der Waals surface area contributed by atoms with E-state index in [1.54, 1.807) is 13.8 Å². The van der Waals surface area contributed by atoms with Crippen molar-refractivity contribution < 1.29 is 22.7 Å². The number of hydrogen-bond acceptors (Lipinski definition) is 3. The van der Waals surface area contributed by atoms with Crippen molar-refractivity contribution in [3.05, 3.63) is 35.7 Å². The van der Waals surface area contributed by atoms with Crippen LogP contribution in [0.2, 0.25) is 0 Å². The first-order chi connectivity index (χ1) is 9.80. The van der Waals surface area contributed by atoms with Gasteiger partial charge >= 0.3 is 16.2 Å². The highest BCUT2D eigenvalue weighted by molar-refractivity contribution is 7.90. The number of carboxylic acids is 1. The Labute approximate surface area is 123 Å². The fourth-order valence-electron chi connectivity index (χ4n) is 1.66. The molecule has 1 aromatic carbocycles. The maximum absolute atomic E-state index is 13.7. The van der Waals surface area contributed by atoms with Gasteiger partial charge in [-0.15, -0.1) is 0 Å². The van der Waals surface area contributed by atoms with E-state index in [4.69, 9.17) is 5.11 Å². The van der Waals surface area contributed by atoms with E-state index in [0.29, 0.717) is 13.1 Å². The number of anilines is 1. The molecule has 1 aromatic rings. The number of carbonyl (C=O) groups is 1. The molecule has 8 heteroatoms. The minimum absolute atomic E-state index is 0.0585. The lowest BCUT2D eigenvalue weighted by Gasteiger charge is -2.19. The molecule has 1 rings (SSSR count). The fourth-order valence-corrected chi connectivity index (χ4v) is 2.90. The summed E-state index contributed by atoms with van der Waals surface area (Å²) in [4.78, 5) is 10.4. The van der Waals surface area contributed by atoms with Gasteiger partial charge in [0.25, 0.3) is 0 Å². The van der Waals surface area contributed by atoms with E-state index in [2.05, 4.69) is 4.72 Å². The molecule has 0 aromatic heterocycles. The maximum Gasteiger partial charge on any atom is 0.328 e. The van der Waals surface area contributed by atoms with Gasteiger partial charge in [-0.05, 0) is 24.3 Å². The standard InChI is InChI=1S/C13H17FN2O4S/c1-3-16(4-2)21(19,20)15-11-7-5-10(12(14)9-11)6-8-13(17)18/h5-9,15H,3-4H2,1-2H3,(H,17,18). The third-order valence-corrected chi connectivity index (χ3v) is 4.39. The molecular weight excluding hydrogens is 299 g/mol. The van der Waals surface area contributed by atoms with Crippen LogP contribution in [0.25, 0.3) is 6.08 Å². The molecule has 2 N–H and O–H groups in total. The Bertz CT molecular complexity index is 640. The Morgan fingerprint density at radius 3 is 2.48 bits per heavy atom. The van der Waals surface area contributed by atoms with E-state index in [9.17, 15) is 17.6 Å². The van der Waals surface area contributed by atoms with Crippen LogP contribution in [-0.2, 0) is 15.0 Å². The second-order valence-electron chi connectivity index (χ2n) is 4.10. The zero-order valence-corrected chi connectivity index (χ0v) is 12.5. The summed E-state index contributed by atoms with van der Waals surface area (Å²) in [5.74, 6) is -1.91. The minimum atomic E-state index is -3.73. The first-order valence-electron chi connectivity index (χ1n) is 6.28. The van der Waals surface area contributed by atoms with E-state index in [1.807, 2.05) is 0 Å². The first kappa shape index (κ1) is 17.1. The number of nitrogens with one attached hydrogen (secondary N) is 1. The average molecular weight is 316 g/mol. The molecule has 0 aliphatic heterocycles. The van der Waals surface area contributed by atoms with Gasteiger partial charge in [0, 0.05) is 24.7 Å². The summed E-state index contributed by atoms with van der Waals surface area (Å²) in [6.07, 6.45) is 1.90. The quantitative estimate of drug-likeness (QED) is 0.752. The van der Waals surface area contributed by atoms with Gasteiger partial charge in [0.05, 0.1) is 5.69 Å². The van der Waals surface area contributed by atoms with Gasteiger partial charge in [-0.1, -0.05) is 13.8 Å². The molecule has 0 unspecified atom stereocenters. The topological polar surface area (TPSA) is 86.7 Å². The van der Waals surface area contributed by atoms with Crippen LogP contribution in [0.4, 0.5) is 10.1 Å². The zero-order chi connectivity index (χ0) is 16.0. The van der Waals surface area contributed by atoms with E-state index in [1.165, 1.54) is 16.4 Å². The van der Waals surface area contributed by atoms with Gasteiger partial charge in [0.2, 0.25) is 0 Å². The lowest BCUT2D eigenvalue weighted by molar-refractivity contribution is -0.131. The van der Waals surface area contributed by atoms with Gasteiger partial charge in [-0.25, -0.2) is 9.18 Å². The second kappa shape index (κ2) is 7.19. The van der Waals surface area contributed by atoms with Crippen molar-refractivity contribution in [2.75, 3.05) is 17.8 Å². The van der Waals surface area contributed by atoms with Gasteiger partial charge in [0.1, 0.15) is 5.82 Å². The highest BCUT2D eigenvalue weighted by Gasteiger charge is 2.18. The van der Waals surface area contributed by atoms with Crippen LogP contribution in [0, 0.1) is 5.82 Å². The summed E-state index contributed by atoms with van der Waals surface area (Å²) in [5, 5.41) is 8.48. The van der Waals surface area contributed by atoms with Crippen molar-refractivity contribution in [2.24, 2.45) is 0 Å². The van der Waals surface area contributed by atoms with Gasteiger partial charge in [0.15, 0.2) is 0 Å². The molecule has 0 aliphatic rings. The molecule has 0 aliphatic carbocycles. The molecule has 0 atom stereocenters. The van der Waals surface area contributed by atoms with Crippen LogP contribution in [0.5, 0.6) is 0 Å². The molecule has 0 fully saturated rings. The summed E-state index contributed by atoms with van der Waals surface area (Å²) in [5.41, 5.74) is 0.134. The third kappa shape index (κ3) is 4.83. The lowest BCUT2D eigenvalue weighted by Crippen LogP contribution is -2.35. The monoisotopic (exact) mass is 316 g/mol. The maximum atomic E-state index is 13.7. The predicted octanol–water partition coefficient (Wildman–Crippen LogP) is 1.92. The summed E-state index contributed by atoms with van der Waals surface area (Å²) in [7, 11) is -3.73. The number of hydrogen-bond donors (Lipinski definition) is 2. The number of carboxylic acid groups (broad SMARTS) is 1. The molecular formula is C13H17FN2O4S. The van der Waals surface area contributed by atoms with E-state index < -0.39 is 22.0 Å². The molecule has 0 amide bonds. The average Bonchev–Trinajstić information content (AvgIpc) is 2.38. The molecule has 116 valence electrons. The fraction of sp³-hybridized carbons (Fsp3) is 0.308. The van der Waals surface area contributed by atoms with Crippen molar-refractivity contribution in [3.63, 3.8) is 0 Å². The van der Waals surface area contributed by atoms with Crippen molar-refractivity contribution in [1.82, 2.24) is 4.31 Å². The van der Waals surface area contributed by atoms with E-state index in [-0.39, 0.29) is 11.3 Å². The van der Waals surface area contributed by atoms with Crippen LogP contribution < -0.4 is 4.72 Å². The van der Waals surface area contributed by atoms with Crippen LogP contribution in [0.15, 0.2) is 24.3 Å². The normalized spacial score (nSPS) is 12.0. The molecule has 0 saturated carbocycles. The van der Waals surface area contributed by atoms with Gasteiger partial charge < -0.3 is 5.11 Å². The van der Waals surface area contributed by atoms with Crippen LogP contribution in [0.3, 0.4) is 0 Å². The van der Waals surface area contributed by atoms with Crippen LogP contribution in [-0.4, -0.2) is 36.9 Å². The number of benzene rings is 1. The molecule has 21 heavy (non-hydrogen) atoms. The minimum Gasteiger partial charge on any atom is -0.478 e. The van der Waals surface area contributed by atoms with Gasteiger partial charge in [-0.2, -0.15) is 12.7 Å². The first-order valence-corrected chi connectivity index (χ1v) is 7.72. The number of aliphatic carboxylic acids is 1. The number of nitrogens with zero attached hydrogens (tertiary/aromatic N) is 1. The molecule has 6 nitrogen and oxygen atoms in total. The van der Waals surface area contributed by atoms with Crippen molar-refractivity contribution in [1.29, 1.82) is 0 Å². The third-order valence-electron chi connectivity index (χ3n) is 2.70. The highest BCUT2D eigenvalue weighted by atomic mass is 32.2. The predicted molar refractivity (Wildman–Crippen MR) is 78.5 cm³/mol. The number of halogens is 1. The van der Waals surface area contributed by atoms with Gasteiger partial charge in [-0.3, -0.25) is 4.72 Å². The summed E-state index contributed by atoms with van der Waals surface area (Å²) < 4.78 is 41.2. The smallest absolute Gasteiger partial charge is 0.328 e. The largest absolute Gasteiger partial charge is 0.478 e. The second-order valence-corrected chi connectivity index (χ2v) is 5.77. The molecule has 0 radical (unpaired) electrons. The van der Waals surface area contributed by atoms with Crippen LogP contribution in [0.1, 0.15) is 19.4 Å². The number of rotatable bonds is 7. The molecule has 0 spiro atoms. The van der Waals surface area contributed by atoms with E-state index >= 15 is 0 Å². The Hall–Kier alpha value is -1.93. The Morgan fingerprint density at radius 1 is 1.38 bits per heavy atom. The Balaban J connectivity index is 2.97. The lowest BCUT2D eigenvalue weighted by atomic mass is 10.2. The van der Waals surface area contributed by atoms with Crippen molar-refractivity contribution in [2.45, 2.75) is 13.8 Å². The summed E-state index contributed by atoms with van der Waals surface area (Å²) in [6.45, 7) is 3.99. The molecule has 0 saturated heterocycles. The van der Waals surface area contributed by atoms with Crippen molar-refractivity contribution >= 4 is 27.9 Å². The molecule has 0 bridgehead atoms. The zero-order valence-electron chi connectivity index (χ0n) is 11.7. The summed E-state index contributed by atoms with van der Waals surface area (Å²) in [6, 6.07) is 3.67. The molecule has 0 heterocycles.